The molecule has 0 aliphatic heterocycles. The van der Waals surface area contributed by atoms with Crippen LogP contribution >= 0.6 is 11.8 Å². The molecule has 2 heterocycles. The van der Waals surface area contributed by atoms with Crippen LogP contribution in [0, 0.1) is 0 Å². The lowest BCUT2D eigenvalue weighted by Gasteiger charge is -1.98. The van der Waals surface area contributed by atoms with E-state index in [1.54, 1.807) is 18.3 Å². The first kappa shape index (κ1) is 12.6. The number of aryl methyl sites for hydroxylation is 1. The van der Waals surface area contributed by atoms with E-state index in [9.17, 15) is 4.79 Å². The van der Waals surface area contributed by atoms with Gasteiger partial charge in [0.15, 0.2) is 5.82 Å². The Morgan fingerprint density at radius 1 is 1.50 bits per heavy atom. The maximum Gasteiger partial charge on any atom is 0.313 e. The molecule has 2 aromatic heterocycles. The van der Waals surface area contributed by atoms with E-state index in [2.05, 4.69) is 15.1 Å². The Balaban J connectivity index is 2.09. The van der Waals surface area contributed by atoms with Crippen molar-refractivity contribution in [1.82, 2.24) is 15.1 Å². The van der Waals surface area contributed by atoms with Crippen molar-refractivity contribution in [2.24, 2.45) is 0 Å². The van der Waals surface area contributed by atoms with Crippen LogP contribution in [-0.2, 0) is 11.2 Å². The number of pyridine rings is 1. The van der Waals surface area contributed by atoms with E-state index in [4.69, 9.17) is 9.63 Å². The summed E-state index contributed by atoms with van der Waals surface area (Å²) >= 11 is 1.16. The fourth-order valence-corrected chi connectivity index (χ4v) is 1.81. The topological polar surface area (TPSA) is 89.1 Å². The van der Waals surface area contributed by atoms with Crippen LogP contribution in [0.5, 0.6) is 0 Å². The maximum absolute atomic E-state index is 10.4. The summed E-state index contributed by atoms with van der Waals surface area (Å²) in [4.78, 5) is 18.7. The number of aromatic nitrogens is 3. The molecule has 0 amide bonds. The Kier molecular flexibility index (Phi) is 3.93. The highest BCUT2D eigenvalue weighted by atomic mass is 32.2. The van der Waals surface area contributed by atoms with Crippen LogP contribution in [0.2, 0.25) is 0 Å². The summed E-state index contributed by atoms with van der Waals surface area (Å²) in [6.07, 6.45) is 2.31. The molecule has 18 heavy (non-hydrogen) atoms. The second kappa shape index (κ2) is 5.63. The minimum atomic E-state index is -0.865. The molecule has 2 rings (SSSR count). The third-order valence-corrected chi connectivity index (χ3v) is 3.04. The van der Waals surface area contributed by atoms with E-state index in [0.29, 0.717) is 23.2 Å². The number of thioether (sulfide) groups is 1. The van der Waals surface area contributed by atoms with Gasteiger partial charge in [0.25, 0.3) is 5.89 Å². The van der Waals surface area contributed by atoms with Gasteiger partial charge >= 0.3 is 5.97 Å². The van der Waals surface area contributed by atoms with Gasteiger partial charge in [0.05, 0.1) is 16.3 Å². The van der Waals surface area contributed by atoms with Gasteiger partial charge in [-0.05, 0) is 12.1 Å². The Bertz CT molecular complexity index is 539. The van der Waals surface area contributed by atoms with Crippen molar-refractivity contribution in [1.29, 1.82) is 0 Å². The zero-order valence-corrected chi connectivity index (χ0v) is 10.5. The third kappa shape index (κ3) is 3.07. The molecular formula is C11H11N3O3S. The highest BCUT2D eigenvalue weighted by Gasteiger charge is 2.08. The standard InChI is InChI=1S/C11H11N3O3S/c1-2-8-13-11(17-14-8)7-3-4-9(12-5-7)18-6-10(15)16/h3-5H,2,6H2,1H3,(H,15,16). The molecule has 94 valence electrons. The second-order valence-electron chi connectivity index (χ2n) is 3.44. The van der Waals surface area contributed by atoms with Crippen molar-refractivity contribution in [3.63, 3.8) is 0 Å². The van der Waals surface area contributed by atoms with Crippen LogP contribution in [0.3, 0.4) is 0 Å². The van der Waals surface area contributed by atoms with Crippen LogP contribution in [0.25, 0.3) is 11.5 Å². The van der Waals surface area contributed by atoms with Gasteiger partial charge < -0.3 is 9.63 Å². The van der Waals surface area contributed by atoms with E-state index in [1.165, 1.54) is 0 Å². The van der Waals surface area contributed by atoms with E-state index in [1.807, 2.05) is 6.92 Å². The van der Waals surface area contributed by atoms with Crippen LogP contribution in [-0.4, -0.2) is 32.0 Å². The van der Waals surface area contributed by atoms with Gasteiger partial charge in [-0.25, -0.2) is 4.98 Å². The fraction of sp³-hybridized carbons (Fsp3) is 0.273. The Morgan fingerprint density at radius 2 is 2.33 bits per heavy atom. The van der Waals surface area contributed by atoms with Crippen LogP contribution in [0.4, 0.5) is 0 Å². The van der Waals surface area contributed by atoms with Crippen molar-refractivity contribution in [3.8, 4) is 11.5 Å². The smallest absolute Gasteiger partial charge is 0.313 e. The minimum Gasteiger partial charge on any atom is -0.481 e. The van der Waals surface area contributed by atoms with Gasteiger partial charge in [-0.2, -0.15) is 4.98 Å². The van der Waals surface area contributed by atoms with Gasteiger partial charge in [-0.15, -0.1) is 0 Å². The largest absolute Gasteiger partial charge is 0.481 e. The lowest BCUT2D eigenvalue weighted by atomic mass is 10.3. The van der Waals surface area contributed by atoms with Crippen LogP contribution in [0.15, 0.2) is 27.9 Å². The SMILES string of the molecule is CCc1noc(-c2ccc(SCC(=O)O)nc2)n1. The fourth-order valence-electron chi connectivity index (χ4n) is 1.24. The summed E-state index contributed by atoms with van der Waals surface area (Å²) in [5, 5.41) is 13.0. The Morgan fingerprint density at radius 3 is 2.89 bits per heavy atom. The first-order valence-corrected chi connectivity index (χ1v) is 6.31. The maximum atomic E-state index is 10.4. The number of aliphatic carboxylic acids is 1. The monoisotopic (exact) mass is 265 g/mol. The molecule has 0 spiro atoms. The van der Waals surface area contributed by atoms with Crippen molar-refractivity contribution in [2.75, 3.05) is 5.75 Å². The Labute approximate surface area is 107 Å². The number of hydrogen-bond acceptors (Lipinski definition) is 6. The summed E-state index contributed by atoms with van der Waals surface area (Å²) in [6, 6.07) is 3.52. The second-order valence-corrected chi connectivity index (χ2v) is 4.43. The van der Waals surface area contributed by atoms with E-state index in [-0.39, 0.29) is 5.75 Å². The molecule has 0 saturated carbocycles. The van der Waals surface area contributed by atoms with Gasteiger partial charge in [-0.3, -0.25) is 4.79 Å². The van der Waals surface area contributed by atoms with Gasteiger partial charge in [0.1, 0.15) is 0 Å². The van der Waals surface area contributed by atoms with E-state index < -0.39 is 5.97 Å². The minimum absolute atomic E-state index is 0.00706. The molecule has 2 aromatic rings. The zero-order valence-electron chi connectivity index (χ0n) is 9.66. The molecule has 0 aromatic carbocycles. The average Bonchev–Trinajstić information content (AvgIpc) is 2.85. The van der Waals surface area contributed by atoms with Gasteiger partial charge in [-0.1, -0.05) is 23.8 Å². The summed E-state index contributed by atoms with van der Waals surface area (Å²) in [6.45, 7) is 1.94. The molecule has 0 bridgehead atoms. The lowest BCUT2D eigenvalue weighted by Crippen LogP contribution is -1.97. The van der Waals surface area contributed by atoms with E-state index >= 15 is 0 Å². The lowest BCUT2D eigenvalue weighted by molar-refractivity contribution is -0.133. The summed E-state index contributed by atoms with van der Waals surface area (Å²) in [5.41, 5.74) is 0.724. The summed E-state index contributed by atoms with van der Waals surface area (Å²) < 4.78 is 5.08. The molecule has 1 N–H and O–H groups in total. The number of carboxylic acid groups (broad SMARTS) is 1. The Hall–Kier alpha value is -1.89. The van der Waals surface area contributed by atoms with Crippen LogP contribution in [0.1, 0.15) is 12.7 Å². The number of carbonyl (C=O) groups is 1. The molecule has 0 fully saturated rings. The van der Waals surface area contributed by atoms with Crippen molar-refractivity contribution < 1.29 is 14.4 Å². The molecule has 0 saturated heterocycles. The number of rotatable bonds is 5. The molecule has 0 unspecified atom stereocenters. The highest BCUT2D eigenvalue weighted by molar-refractivity contribution is 7.99. The predicted molar refractivity (Wildman–Crippen MR) is 65.3 cm³/mol. The van der Waals surface area contributed by atoms with Gasteiger partial charge in [0.2, 0.25) is 0 Å². The van der Waals surface area contributed by atoms with Crippen molar-refractivity contribution in [3.05, 3.63) is 24.2 Å². The van der Waals surface area contributed by atoms with Gasteiger partial charge in [0, 0.05) is 12.6 Å². The highest BCUT2D eigenvalue weighted by Crippen LogP contribution is 2.20. The van der Waals surface area contributed by atoms with Crippen LogP contribution < -0.4 is 0 Å². The molecule has 0 atom stereocenters. The van der Waals surface area contributed by atoms with Crippen molar-refractivity contribution >= 4 is 17.7 Å². The third-order valence-electron chi connectivity index (χ3n) is 2.11. The molecule has 0 aliphatic carbocycles. The summed E-state index contributed by atoms with van der Waals surface area (Å²) in [5.74, 6) is 0.200. The molecule has 7 heteroatoms. The van der Waals surface area contributed by atoms with E-state index in [0.717, 1.165) is 17.3 Å². The predicted octanol–water partition coefficient (Wildman–Crippen LogP) is 1.87. The summed E-state index contributed by atoms with van der Waals surface area (Å²) in [7, 11) is 0. The molecule has 0 radical (unpaired) electrons. The van der Waals surface area contributed by atoms with Crippen molar-refractivity contribution in [2.45, 2.75) is 18.4 Å². The molecule has 0 aliphatic rings. The quantitative estimate of drug-likeness (QED) is 0.825. The number of nitrogens with zero attached hydrogens (tertiary/aromatic N) is 3. The first-order valence-electron chi connectivity index (χ1n) is 5.32. The zero-order chi connectivity index (χ0) is 13.0. The first-order chi connectivity index (χ1) is 8.69. The molecular weight excluding hydrogens is 254 g/mol. The number of carboxylic acids is 1. The average molecular weight is 265 g/mol. The number of hydrogen-bond donors (Lipinski definition) is 1. The molecule has 6 nitrogen and oxygen atoms in total. The normalized spacial score (nSPS) is 10.5.